The molecular weight excluding hydrogens is 316 g/mol. The Kier molecular flexibility index (Phi) is 4.23. The summed E-state index contributed by atoms with van der Waals surface area (Å²) in [7, 11) is 0. The van der Waals surface area contributed by atoms with Crippen molar-refractivity contribution in [2.24, 2.45) is 5.73 Å². The minimum Gasteiger partial charge on any atom is -0.364 e. The van der Waals surface area contributed by atoms with Gasteiger partial charge in [-0.1, -0.05) is 6.07 Å². The van der Waals surface area contributed by atoms with E-state index in [9.17, 15) is 4.79 Å². The Hall–Kier alpha value is -2.67. The van der Waals surface area contributed by atoms with Gasteiger partial charge in [-0.15, -0.1) is 0 Å². The van der Waals surface area contributed by atoms with Gasteiger partial charge in [-0.3, -0.25) is 4.79 Å². The summed E-state index contributed by atoms with van der Waals surface area (Å²) in [6, 6.07) is 6.16. The third-order valence-corrected chi connectivity index (χ3v) is 4.77. The average Bonchev–Trinajstić information content (AvgIpc) is 3.10. The summed E-state index contributed by atoms with van der Waals surface area (Å²) in [5.74, 6) is 0.625. The fourth-order valence-electron chi connectivity index (χ4n) is 3.43. The molecule has 0 atom stereocenters. The highest BCUT2D eigenvalue weighted by molar-refractivity contribution is 5.96. The van der Waals surface area contributed by atoms with E-state index in [1.807, 2.05) is 6.07 Å². The summed E-state index contributed by atoms with van der Waals surface area (Å²) in [5.41, 5.74) is 9.09. The van der Waals surface area contributed by atoms with Crippen LogP contribution in [0.3, 0.4) is 0 Å². The van der Waals surface area contributed by atoms with Crippen molar-refractivity contribution in [1.82, 2.24) is 15.3 Å². The third-order valence-electron chi connectivity index (χ3n) is 4.77. The monoisotopic (exact) mass is 338 g/mol. The van der Waals surface area contributed by atoms with Crippen molar-refractivity contribution in [2.75, 3.05) is 23.3 Å². The van der Waals surface area contributed by atoms with E-state index in [0.29, 0.717) is 5.82 Å². The number of carbonyl (C=O) groups excluding carboxylic acids is 1. The van der Waals surface area contributed by atoms with Crippen LogP contribution >= 0.6 is 0 Å². The predicted molar refractivity (Wildman–Crippen MR) is 96.9 cm³/mol. The summed E-state index contributed by atoms with van der Waals surface area (Å²) >= 11 is 0. The van der Waals surface area contributed by atoms with Gasteiger partial charge in [-0.05, 0) is 42.5 Å². The van der Waals surface area contributed by atoms with Crippen LogP contribution in [0.25, 0.3) is 0 Å². The van der Waals surface area contributed by atoms with Gasteiger partial charge in [0.15, 0.2) is 11.5 Å². The van der Waals surface area contributed by atoms with Gasteiger partial charge in [0.25, 0.3) is 5.91 Å². The molecule has 2 aliphatic rings. The van der Waals surface area contributed by atoms with Crippen LogP contribution in [0.2, 0.25) is 0 Å². The maximum Gasteiger partial charge on any atom is 0.271 e. The largest absolute Gasteiger partial charge is 0.364 e. The molecule has 1 saturated heterocycles. The standard InChI is InChI=1S/C18H22N6O/c19-17(25)16-18(22-14-5-4-12-9-20-10-13(12)8-14)23-15(11-21-16)24-6-2-1-3-7-24/h4-5,8,11,20H,1-3,6-7,9-10H2,(H2,19,25)(H,22,23). The molecule has 0 aliphatic carbocycles. The number of hydrogen-bond acceptors (Lipinski definition) is 6. The van der Waals surface area contributed by atoms with E-state index >= 15 is 0 Å². The van der Waals surface area contributed by atoms with Gasteiger partial charge in [-0.25, -0.2) is 9.97 Å². The van der Waals surface area contributed by atoms with E-state index in [2.05, 4.69) is 37.6 Å². The number of hydrogen-bond donors (Lipinski definition) is 3. The summed E-state index contributed by atoms with van der Waals surface area (Å²) in [5, 5.41) is 6.56. The maximum absolute atomic E-state index is 11.7. The molecule has 7 nitrogen and oxygen atoms in total. The number of nitrogens with one attached hydrogen (secondary N) is 2. The van der Waals surface area contributed by atoms with E-state index in [4.69, 9.17) is 5.73 Å². The van der Waals surface area contributed by atoms with Gasteiger partial charge in [0.05, 0.1) is 6.20 Å². The highest BCUT2D eigenvalue weighted by atomic mass is 16.1. The molecule has 0 saturated carbocycles. The lowest BCUT2D eigenvalue weighted by molar-refractivity contribution is 0.0996. The number of amides is 1. The number of piperidine rings is 1. The molecule has 4 N–H and O–H groups in total. The molecule has 2 aromatic rings. The van der Waals surface area contributed by atoms with Crippen LogP contribution in [0, 0.1) is 0 Å². The lowest BCUT2D eigenvalue weighted by Gasteiger charge is -2.27. The molecule has 3 heterocycles. The summed E-state index contributed by atoms with van der Waals surface area (Å²) in [6.07, 6.45) is 5.19. The zero-order valence-electron chi connectivity index (χ0n) is 14.1. The number of primary amides is 1. The predicted octanol–water partition coefficient (Wildman–Crippen LogP) is 1.91. The summed E-state index contributed by atoms with van der Waals surface area (Å²) in [4.78, 5) is 22.9. The molecule has 4 rings (SSSR count). The Balaban J connectivity index is 1.65. The van der Waals surface area contributed by atoms with Crippen LogP contribution in [0.1, 0.15) is 40.9 Å². The number of nitrogens with two attached hydrogens (primary N) is 1. The van der Waals surface area contributed by atoms with E-state index in [-0.39, 0.29) is 5.69 Å². The van der Waals surface area contributed by atoms with Gasteiger partial charge in [-0.2, -0.15) is 0 Å². The van der Waals surface area contributed by atoms with Crippen molar-refractivity contribution in [3.05, 3.63) is 41.2 Å². The topological polar surface area (TPSA) is 96.2 Å². The van der Waals surface area contributed by atoms with Crippen molar-refractivity contribution in [2.45, 2.75) is 32.4 Å². The van der Waals surface area contributed by atoms with Gasteiger partial charge in [0, 0.05) is 31.9 Å². The van der Waals surface area contributed by atoms with Gasteiger partial charge in [0.1, 0.15) is 5.82 Å². The molecule has 0 bridgehead atoms. The Labute approximate surface area is 146 Å². The quantitative estimate of drug-likeness (QED) is 0.788. The van der Waals surface area contributed by atoms with Crippen molar-refractivity contribution in [3.63, 3.8) is 0 Å². The molecular formula is C18H22N6O. The summed E-state index contributed by atoms with van der Waals surface area (Å²) < 4.78 is 0. The van der Waals surface area contributed by atoms with Crippen LogP contribution in [0.5, 0.6) is 0 Å². The Bertz CT molecular complexity index is 800. The van der Waals surface area contributed by atoms with Crippen molar-refractivity contribution < 1.29 is 4.79 Å². The fraction of sp³-hybridized carbons (Fsp3) is 0.389. The number of nitrogens with zero attached hydrogens (tertiary/aromatic N) is 3. The second-order valence-electron chi connectivity index (χ2n) is 6.55. The van der Waals surface area contributed by atoms with E-state index < -0.39 is 5.91 Å². The van der Waals surface area contributed by atoms with E-state index in [1.54, 1.807) is 6.20 Å². The smallest absolute Gasteiger partial charge is 0.271 e. The Morgan fingerprint density at radius 1 is 1.16 bits per heavy atom. The lowest BCUT2D eigenvalue weighted by Crippen LogP contribution is -2.31. The molecule has 130 valence electrons. The molecule has 1 fully saturated rings. The number of aromatic nitrogens is 2. The molecule has 25 heavy (non-hydrogen) atoms. The van der Waals surface area contributed by atoms with E-state index in [0.717, 1.165) is 50.5 Å². The van der Waals surface area contributed by atoms with Crippen LogP contribution in [0.15, 0.2) is 24.4 Å². The van der Waals surface area contributed by atoms with Crippen molar-refractivity contribution in [3.8, 4) is 0 Å². The molecule has 0 spiro atoms. The first-order valence-corrected chi connectivity index (χ1v) is 8.72. The van der Waals surface area contributed by atoms with Gasteiger partial charge >= 0.3 is 0 Å². The van der Waals surface area contributed by atoms with Crippen LogP contribution in [-0.4, -0.2) is 29.0 Å². The molecule has 1 aromatic heterocycles. The van der Waals surface area contributed by atoms with Crippen LogP contribution in [0.4, 0.5) is 17.3 Å². The van der Waals surface area contributed by atoms with Gasteiger partial charge in [0.2, 0.25) is 0 Å². The first kappa shape index (κ1) is 15.8. The van der Waals surface area contributed by atoms with Crippen LogP contribution in [-0.2, 0) is 13.1 Å². The second kappa shape index (κ2) is 6.68. The Morgan fingerprint density at radius 2 is 1.96 bits per heavy atom. The zero-order chi connectivity index (χ0) is 17.2. The molecule has 7 heteroatoms. The van der Waals surface area contributed by atoms with Crippen molar-refractivity contribution in [1.29, 1.82) is 0 Å². The second-order valence-corrected chi connectivity index (χ2v) is 6.55. The molecule has 0 radical (unpaired) electrons. The van der Waals surface area contributed by atoms with Crippen molar-refractivity contribution >= 4 is 23.2 Å². The third kappa shape index (κ3) is 3.28. The highest BCUT2D eigenvalue weighted by Crippen LogP contribution is 2.25. The van der Waals surface area contributed by atoms with E-state index in [1.165, 1.54) is 17.5 Å². The number of fused-ring (bicyclic) bond motifs is 1. The Morgan fingerprint density at radius 3 is 2.76 bits per heavy atom. The number of benzene rings is 1. The number of rotatable bonds is 4. The first-order chi connectivity index (χ1) is 12.2. The molecule has 0 unspecified atom stereocenters. The first-order valence-electron chi connectivity index (χ1n) is 8.72. The number of anilines is 3. The number of carbonyl (C=O) groups is 1. The maximum atomic E-state index is 11.7. The normalized spacial score (nSPS) is 16.6. The fourth-order valence-corrected chi connectivity index (χ4v) is 3.43. The summed E-state index contributed by atoms with van der Waals surface area (Å²) in [6.45, 7) is 3.68. The zero-order valence-corrected chi connectivity index (χ0v) is 14.1. The molecule has 2 aliphatic heterocycles. The lowest BCUT2D eigenvalue weighted by atomic mass is 10.1. The SMILES string of the molecule is NC(=O)c1ncc(N2CCCCC2)nc1Nc1ccc2c(c1)CNC2. The molecule has 1 aromatic carbocycles. The molecule has 1 amide bonds. The average molecular weight is 338 g/mol. The highest BCUT2D eigenvalue weighted by Gasteiger charge is 2.18. The minimum absolute atomic E-state index is 0.166. The minimum atomic E-state index is -0.581. The van der Waals surface area contributed by atoms with Gasteiger partial charge < -0.3 is 21.3 Å². The van der Waals surface area contributed by atoms with Crippen LogP contribution < -0.4 is 21.3 Å².